The summed E-state index contributed by atoms with van der Waals surface area (Å²) < 4.78 is 56.4. The molecule has 1 saturated heterocycles. The quantitative estimate of drug-likeness (QED) is 0.145. The van der Waals surface area contributed by atoms with Gasteiger partial charge in [0.1, 0.15) is 25.2 Å². The van der Waals surface area contributed by atoms with Gasteiger partial charge >= 0.3 is 6.18 Å². The Morgan fingerprint density at radius 1 is 0.984 bits per heavy atom. The van der Waals surface area contributed by atoms with Gasteiger partial charge in [-0.05, 0) is 72.6 Å². The SMILES string of the molecule is CCc1c(N2CCN(C(=O)c3ncnc(C)c3OCc3ccccc3)CC2)c(=O)n2nc(-c3ccc4c(c3)COC4)nc2n1CC(=O)Nc1cc(C2CC2)c(C(F)(F)F)cc1Cl. The molecule has 0 spiro atoms. The molecule has 18 heteroatoms. The van der Waals surface area contributed by atoms with E-state index >= 15 is 0 Å². The molecule has 0 atom stereocenters. The van der Waals surface area contributed by atoms with Crippen LogP contribution in [0.1, 0.15) is 75.4 Å². The average molecular weight is 868 g/mol. The van der Waals surface area contributed by atoms with Gasteiger partial charge in [-0.15, -0.1) is 5.10 Å². The van der Waals surface area contributed by atoms with Crippen molar-refractivity contribution in [3.05, 3.63) is 127 Å². The van der Waals surface area contributed by atoms with Crippen LogP contribution in [0.2, 0.25) is 5.02 Å². The average Bonchev–Trinajstić information content (AvgIpc) is 3.83. The molecular weight excluding hydrogens is 827 g/mol. The molecule has 6 aromatic rings. The summed E-state index contributed by atoms with van der Waals surface area (Å²) in [5.74, 6) is -0.562. The van der Waals surface area contributed by atoms with Crippen molar-refractivity contribution in [1.82, 2.24) is 34.0 Å². The summed E-state index contributed by atoms with van der Waals surface area (Å²) in [5.41, 5.74) is 3.88. The van der Waals surface area contributed by atoms with Gasteiger partial charge in [0.15, 0.2) is 17.3 Å². The molecule has 3 aromatic heterocycles. The summed E-state index contributed by atoms with van der Waals surface area (Å²) >= 11 is 6.38. The molecule has 3 aliphatic rings. The normalized spacial score (nSPS) is 15.3. The first-order valence-corrected chi connectivity index (χ1v) is 20.7. The molecule has 1 N–H and O–H groups in total. The Morgan fingerprint density at radius 3 is 2.47 bits per heavy atom. The smallest absolute Gasteiger partial charge is 0.416 e. The third kappa shape index (κ3) is 7.97. The highest BCUT2D eigenvalue weighted by molar-refractivity contribution is 6.33. The van der Waals surface area contributed by atoms with Gasteiger partial charge in [-0.25, -0.2) is 9.97 Å². The Balaban J connectivity index is 1.03. The number of aryl methyl sites for hydroxylation is 1. The fourth-order valence-electron chi connectivity index (χ4n) is 8.16. The zero-order chi connectivity index (χ0) is 43.3. The third-order valence-corrected chi connectivity index (χ3v) is 11.8. The van der Waals surface area contributed by atoms with Crippen LogP contribution in [0.25, 0.3) is 17.2 Å². The number of carbonyl (C=O) groups excluding carboxylic acids is 2. The molecule has 9 rings (SSSR count). The number of piperazine rings is 1. The van der Waals surface area contributed by atoms with E-state index in [9.17, 15) is 27.6 Å². The van der Waals surface area contributed by atoms with Gasteiger partial charge in [0.25, 0.3) is 11.5 Å². The van der Waals surface area contributed by atoms with E-state index in [2.05, 4.69) is 20.4 Å². The highest BCUT2D eigenvalue weighted by atomic mass is 35.5. The van der Waals surface area contributed by atoms with Crippen molar-refractivity contribution in [2.75, 3.05) is 36.4 Å². The maximum Gasteiger partial charge on any atom is 0.416 e. The van der Waals surface area contributed by atoms with Crippen molar-refractivity contribution in [2.45, 2.75) is 71.6 Å². The summed E-state index contributed by atoms with van der Waals surface area (Å²) in [7, 11) is 0. The van der Waals surface area contributed by atoms with Crippen LogP contribution in [0.15, 0.2) is 71.8 Å². The van der Waals surface area contributed by atoms with Crippen LogP contribution < -0.4 is 20.5 Å². The molecule has 0 unspecified atom stereocenters. The number of anilines is 2. The van der Waals surface area contributed by atoms with Crippen LogP contribution in [-0.4, -0.2) is 72.0 Å². The minimum absolute atomic E-state index is 0.0534. The summed E-state index contributed by atoms with van der Waals surface area (Å²) in [5, 5.41) is 7.15. The van der Waals surface area contributed by atoms with E-state index in [4.69, 9.17) is 26.1 Å². The van der Waals surface area contributed by atoms with Gasteiger partial charge in [0.2, 0.25) is 11.7 Å². The van der Waals surface area contributed by atoms with Crippen molar-refractivity contribution >= 4 is 40.6 Å². The summed E-state index contributed by atoms with van der Waals surface area (Å²) in [6.45, 7) is 5.35. The Hall–Kier alpha value is -6.33. The fourth-order valence-corrected chi connectivity index (χ4v) is 8.37. The van der Waals surface area contributed by atoms with Gasteiger partial charge in [0.05, 0.1) is 40.9 Å². The molecule has 14 nitrogen and oxygen atoms in total. The second kappa shape index (κ2) is 16.5. The zero-order valence-electron chi connectivity index (χ0n) is 33.8. The molecule has 0 radical (unpaired) electrons. The Bertz CT molecular complexity index is 2780. The first kappa shape index (κ1) is 41.0. The van der Waals surface area contributed by atoms with Crippen LogP contribution in [0.5, 0.6) is 5.75 Å². The molecule has 1 aliphatic carbocycles. The van der Waals surface area contributed by atoms with E-state index < -0.39 is 23.2 Å². The first-order chi connectivity index (χ1) is 29.9. The number of aromatic nitrogens is 6. The van der Waals surface area contributed by atoms with E-state index in [0.29, 0.717) is 55.2 Å². The summed E-state index contributed by atoms with van der Waals surface area (Å²) in [6, 6.07) is 17.4. The van der Waals surface area contributed by atoms with Crippen LogP contribution >= 0.6 is 11.6 Å². The van der Waals surface area contributed by atoms with Gasteiger partial charge in [-0.2, -0.15) is 22.7 Å². The molecule has 320 valence electrons. The Morgan fingerprint density at radius 2 is 1.74 bits per heavy atom. The standard InChI is InChI=1S/C44H41ClF3N9O5/c1-3-35-38(54-13-15-55(16-14-54)41(59)37-39(25(2)49-24-50-37)62-21-26-7-5-4-6-8-26)42(60)57-43(52-40(53-57)28-11-12-29-22-61-23-30(29)17-28)56(35)20-36(58)51-34-18-31(27-9-10-27)32(19-33(34)45)44(46,47)48/h4-8,11-12,17-19,24,27H,3,9-10,13-16,20-23H2,1-2H3,(H,51,58). The van der Waals surface area contributed by atoms with E-state index in [1.165, 1.54) is 16.9 Å². The maximum atomic E-state index is 14.6. The van der Waals surface area contributed by atoms with Crippen molar-refractivity contribution < 1.29 is 32.2 Å². The monoisotopic (exact) mass is 867 g/mol. The zero-order valence-corrected chi connectivity index (χ0v) is 34.6. The number of nitrogens with one attached hydrogen (secondary N) is 1. The van der Waals surface area contributed by atoms with Crippen molar-refractivity contribution in [1.29, 1.82) is 0 Å². The molecule has 5 heterocycles. The van der Waals surface area contributed by atoms with Crippen molar-refractivity contribution in [3.63, 3.8) is 0 Å². The second-order valence-corrected chi connectivity index (χ2v) is 16.0. The van der Waals surface area contributed by atoms with E-state index in [1.807, 2.05) is 60.4 Å². The number of fused-ring (bicyclic) bond motifs is 2. The lowest BCUT2D eigenvalue weighted by atomic mass is 10.0. The van der Waals surface area contributed by atoms with Crippen LogP contribution in [-0.2, 0) is 48.5 Å². The van der Waals surface area contributed by atoms with Crippen molar-refractivity contribution in [2.24, 2.45) is 0 Å². The minimum Gasteiger partial charge on any atom is -0.485 e. The number of benzene rings is 3. The molecule has 62 heavy (non-hydrogen) atoms. The third-order valence-electron chi connectivity index (χ3n) is 11.5. The predicted octanol–water partition coefficient (Wildman–Crippen LogP) is 6.98. The number of alkyl halides is 3. The second-order valence-electron chi connectivity index (χ2n) is 15.6. The number of amides is 2. The molecule has 3 aromatic carbocycles. The van der Waals surface area contributed by atoms with Crippen LogP contribution in [0.3, 0.4) is 0 Å². The summed E-state index contributed by atoms with van der Waals surface area (Å²) in [6.07, 6.45) is -1.77. The van der Waals surface area contributed by atoms with Crippen molar-refractivity contribution in [3.8, 4) is 17.1 Å². The summed E-state index contributed by atoms with van der Waals surface area (Å²) in [4.78, 5) is 59.5. The number of hydrogen-bond donors (Lipinski definition) is 1. The van der Waals surface area contributed by atoms with Gasteiger partial charge < -0.3 is 29.2 Å². The molecule has 2 aliphatic heterocycles. The largest absolute Gasteiger partial charge is 0.485 e. The fraction of sp³-hybridized carbons (Fsp3) is 0.341. The topological polar surface area (TPSA) is 149 Å². The minimum atomic E-state index is -4.61. The molecule has 1 saturated carbocycles. The van der Waals surface area contributed by atoms with Gasteiger partial charge in [-0.3, -0.25) is 14.4 Å². The molecular formula is C44H41ClF3N9O5. The Labute approximate surface area is 358 Å². The van der Waals surface area contributed by atoms with Gasteiger partial charge in [-0.1, -0.05) is 61.0 Å². The number of carbonyl (C=O) groups is 2. The number of hydrogen-bond acceptors (Lipinski definition) is 10. The molecule has 2 amide bonds. The molecule has 2 fully saturated rings. The van der Waals surface area contributed by atoms with E-state index in [-0.39, 0.29) is 90.4 Å². The van der Waals surface area contributed by atoms with E-state index in [1.54, 1.807) is 16.4 Å². The lowest BCUT2D eigenvalue weighted by Crippen LogP contribution is -2.51. The van der Waals surface area contributed by atoms with Crippen LogP contribution in [0, 0.1) is 6.92 Å². The Kier molecular flexibility index (Phi) is 10.9. The highest BCUT2D eigenvalue weighted by Crippen LogP contribution is 2.48. The number of ether oxygens (including phenoxy) is 2. The maximum absolute atomic E-state index is 14.6. The molecule has 0 bridgehead atoms. The number of rotatable bonds is 11. The highest BCUT2D eigenvalue weighted by Gasteiger charge is 2.39. The first-order valence-electron chi connectivity index (χ1n) is 20.3. The van der Waals surface area contributed by atoms with E-state index in [0.717, 1.165) is 22.8 Å². The van der Waals surface area contributed by atoms with Crippen LogP contribution in [0.4, 0.5) is 24.5 Å². The predicted molar refractivity (Wildman–Crippen MR) is 223 cm³/mol. The number of nitrogens with zero attached hydrogens (tertiary/aromatic N) is 8. The van der Waals surface area contributed by atoms with Gasteiger partial charge in [0, 0.05) is 31.7 Å². The lowest BCUT2D eigenvalue weighted by Gasteiger charge is -2.36. The lowest BCUT2D eigenvalue weighted by molar-refractivity contribution is -0.138. The number of halogens is 4.